The van der Waals surface area contributed by atoms with Gasteiger partial charge in [0.25, 0.3) is 0 Å². The standard InChI is InChI=1S/C13H20N2.C11H16N2.C9H19NO.C8H17NO/c1-10-5-3-6-11(2)13(10)15-9-12-7-4-8-14-12;1-2-5-10(6-3-1)13-9-11-7-4-8-12-11;1-8(2)6-11-7-9-4-3-5-10-9;1-7(2)10-6-8-4-3-5-9-8/h3,5-6,12,14-15H,4,7-9H2,1-2H3;1-3,5-6,11-13H,4,7-9H2;8-10H,3-7H2,1-2H3;7-9H,3-6H2,1-2H3/t12-;11-;9-;8-/m0000/s1. The van der Waals surface area contributed by atoms with Gasteiger partial charge >= 0.3 is 0 Å². The van der Waals surface area contributed by atoms with Gasteiger partial charge in [-0.3, -0.25) is 0 Å². The van der Waals surface area contributed by atoms with Crippen LogP contribution in [-0.4, -0.2) is 89.4 Å². The summed E-state index contributed by atoms with van der Waals surface area (Å²) in [5.74, 6) is 0.663. The number of hydrogen-bond acceptors (Lipinski definition) is 8. The van der Waals surface area contributed by atoms with Gasteiger partial charge in [0, 0.05) is 55.2 Å². The van der Waals surface area contributed by atoms with Crippen molar-refractivity contribution in [2.75, 3.05) is 69.7 Å². The zero-order valence-electron chi connectivity index (χ0n) is 31.9. The van der Waals surface area contributed by atoms with Crippen LogP contribution >= 0.6 is 0 Å². The second kappa shape index (κ2) is 24.9. The molecule has 0 unspecified atom stereocenters. The molecular weight excluding hydrogens is 608 g/mol. The average molecular weight is 681 g/mol. The van der Waals surface area contributed by atoms with Crippen LogP contribution in [0.3, 0.4) is 0 Å². The Morgan fingerprint density at radius 2 is 1.10 bits per heavy atom. The number of para-hydroxylation sites is 2. The minimum atomic E-state index is 0.377. The highest BCUT2D eigenvalue weighted by molar-refractivity contribution is 5.56. The van der Waals surface area contributed by atoms with Crippen LogP contribution in [0.4, 0.5) is 11.4 Å². The van der Waals surface area contributed by atoms with Gasteiger partial charge in [-0.15, -0.1) is 0 Å². The van der Waals surface area contributed by atoms with Crippen molar-refractivity contribution >= 4 is 11.4 Å². The Morgan fingerprint density at radius 3 is 1.57 bits per heavy atom. The lowest BCUT2D eigenvalue weighted by atomic mass is 10.1. The predicted octanol–water partition coefficient (Wildman–Crippen LogP) is 6.89. The third-order valence-corrected chi connectivity index (χ3v) is 9.38. The third-order valence-electron chi connectivity index (χ3n) is 9.38. The molecule has 0 amide bonds. The fraction of sp³-hybridized carbons (Fsp3) is 0.707. The Labute approximate surface area is 300 Å². The summed E-state index contributed by atoms with van der Waals surface area (Å²) in [7, 11) is 0. The van der Waals surface area contributed by atoms with Crippen LogP contribution in [0.5, 0.6) is 0 Å². The summed E-state index contributed by atoms with van der Waals surface area (Å²) in [6.45, 7) is 22.3. The van der Waals surface area contributed by atoms with E-state index >= 15 is 0 Å². The first-order valence-electron chi connectivity index (χ1n) is 19.5. The van der Waals surface area contributed by atoms with Gasteiger partial charge in [-0.25, -0.2) is 0 Å². The first kappa shape index (κ1) is 41.2. The second-order valence-corrected chi connectivity index (χ2v) is 14.9. The number of rotatable bonds is 13. The zero-order chi connectivity index (χ0) is 35.1. The van der Waals surface area contributed by atoms with Crippen LogP contribution in [0.15, 0.2) is 48.5 Å². The second-order valence-electron chi connectivity index (χ2n) is 14.9. The summed E-state index contributed by atoms with van der Waals surface area (Å²) in [4.78, 5) is 0. The van der Waals surface area contributed by atoms with Crippen molar-refractivity contribution in [2.24, 2.45) is 5.92 Å². The fourth-order valence-corrected chi connectivity index (χ4v) is 6.53. The zero-order valence-corrected chi connectivity index (χ0v) is 31.9. The number of hydrogen-bond donors (Lipinski definition) is 6. The van der Waals surface area contributed by atoms with Gasteiger partial charge in [0.1, 0.15) is 0 Å². The Balaban J connectivity index is 0.000000179. The quantitative estimate of drug-likeness (QED) is 0.136. The lowest BCUT2D eigenvalue weighted by molar-refractivity contribution is 0.0649. The summed E-state index contributed by atoms with van der Waals surface area (Å²) >= 11 is 0. The molecule has 0 radical (unpaired) electrons. The number of nitrogens with one attached hydrogen (secondary N) is 6. The summed E-state index contributed by atoms with van der Waals surface area (Å²) in [5, 5.41) is 20.7. The maximum atomic E-state index is 5.52. The molecular formula is C41H72N6O2. The molecule has 8 nitrogen and oxygen atoms in total. The molecule has 0 aromatic heterocycles. The van der Waals surface area contributed by atoms with Crippen LogP contribution in [0, 0.1) is 19.8 Å². The highest BCUT2D eigenvalue weighted by Gasteiger charge is 2.16. The Hall–Kier alpha value is -2.20. The number of aryl methyl sites for hydroxylation is 2. The van der Waals surface area contributed by atoms with Crippen molar-refractivity contribution in [3.05, 3.63) is 59.7 Å². The van der Waals surface area contributed by atoms with E-state index in [0.717, 1.165) is 32.9 Å². The average Bonchev–Trinajstić information content (AvgIpc) is 3.93. The van der Waals surface area contributed by atoms with E-state index in [4.69, 9.17) is 9.47 Å². The van der Waals surface area contributed by atoms with Crippen molar-refractivity contribution in [3.63, 3.8) is 0 Å². The van der Waals surface area contributed by atoms with E-state index in [1.165, 1.54) is 100 Å². The molecule has 4 aliphatic rings. The first-order chi connectivity index (χ1) is 23.8. The molecule has 2 aromatic rings. The predicted molar refractivity (Wildman–Crippen MR) is 210 cm³/mol. The fourth-order valence-electron chi connectivity index (χ4n) is 6.53. The van der Waals surface area contributed by atoms with Crippen molar-refractivity contribution in [3.8, 4) is 0 Å². The van der Waals surface area contributed by atoms with Gasteiger partial charge in [0.2, 0.25) is 0 Å². The van der Waals surface area contributed by atoms with Gasteiger partial charge in [-0.2, -0.15) is 0 Å². The molecule has 4 heterocycles. The molecule has 4 atom stereocenters. The Kier molecular flexibility index (Phi) is 20.9. The van der Waals surface area contributed by atoms with Crippen molar-refractivity contribution in [1.82, 2.24) is 21.3 Å². The number of ether oxygens (including phenoxy) is 2. The minimum absolute atomic E-state index is 0.377. The van der Waals surface area contributed by atoms with Crippen LogP contribution < -0.4 is 31.9 Å². The minimum Gasteiger partial charge on any atom is -0.383 e. The molecule has 0 bridgehead atoms. The van der Waals surface area contributed by atoms with E-state index < -0.39 is 0 Å². The summed E-state index contributed by atoms with van der Waals surface area (Å²) in [5.41, 5.74) is 5.21. The summed E-state index contributed by atoms with van der Waals surface area (Å²) < 4.78 is 11.0. The number of anilines is 2. The van der Waals surface area contributed by atoms with E-state index in [1.807, 2.05) is 6.07 Å². The van der Waals surface area contributed by atoms with Gasteiger partial charge in [-0.1, -0.05) is 50.2 Å². The lowest BCUT2D eigenvalue weighted by Crippen LogP contribution is -2.29. The van der Waals surface area contributed by atoms with E-state index in [9.17, 15) is 0 Å². The van der Waals surface area contributed by atoms with E-state index in [2.05, 4.69) is 116 Å². The van der Waals surface area contributed by atoms with E-state index in [0.29, 0.717) is 36.2 Å². The normalized spacial score (nSPS) is 22.9. The molecule has 4 fully saturated rings. The molecule has 8 heteroatoms. The summed E-state index contributed by atoms with van der Waals surface area (Å²) in [6.07, 6.45) is 10.8. The largest absolute Gasteiger partial charge is 0.383 e. The molecule has 0 saturated carbocycles. The monoisotopic (exact) mass is 681 g/mol. The molecule has 0 aliphatic carbocycles. The van der Waals surface area contributed by atoms with Crippen LogP contribution in [-0.2, 0) is 9.47 Å². The Bertz CT molecular complexity index is 1060. The molecule has 2 aromatic carbocycles. The van der Waals surface area contributed by atoms with Gasteiger partial charge in [0.05, 0.1) is 19.3 Å². The van der Waals surface area contributed by atoms with Crippen LogP contribution in [0.2, 0.25) is 0 Å². The van der Waals surface area contributed by atoms with Crippen LogP contribution in [0.25, 0.3) is 0 Å². The molecule has 49 heavy (non-hydrogen) atoms. The van der Waals surface area contributed by atoms with Gasteiger partial charge in [-0.05, 0) is 134 Å². The number of benzene rings is 2. The highest BCUT2D eigenvalue weighted by Crippen LogP contribution is 2.20. The van der Waals surface area contributed by atoms with Crippen LogP contribution in [0.1, 0.15) is 90.2 Å². The molecule has 278 valence electrons. The molecule has 0 spiro atoms. The first-order valence-corrected chi connectivity index (χ1v) is 19.5. The topological polar surface area (TPSA) is 90.6 Å². The third kappa shape index (κ3) is 18.6. The molecule has 4 aliphatic heterocycles. The van der Waals surface area contributed by atoms with Crippen molar-refractivity contribution in [2.45, 2.75) is 123 Å². The van der Waals surface area contributed by atoms with Crippen molar-refractivity contribution < 1.29 is 9.47 Å². The maximum absolute atomic E-state index is 5.52. The van der Waals surface area contributed by atoms with E-state index in [-0.39, 0.29) is 0 Å². The molecule has 6 N–H and O–H groups in total. The summed E-state index contributed by atoms with van der Waals surface area (Å²) in [6, 6.07) is 19.4. The smallest absolute Gasteiger partial charge is 0.0623 e. The molecule has 6 rings (SSSR count). The van der Waals surface area contributed by atoms with Gasteiger partial charge < -0.3 is 41.4 Å². The lowest BCUT2D eigenvalue weighted by Gasteiger charge is -2.16. The Morgan fingerprint density at radius 1 is 0.612 bits per heavy atom. The van der Waals surface area contributed by atoms with Gasteiger partial charge in [0.15, 0.2) is 0 Å². The highest BCUT2D eigenvalue weighted by atomic mass is 16.5. The van der Waals surface area contributed by atoms with Crippen molar-refractivity contribution in [1.29, 1.82) is 0 Å². The maximum Gasteiger partial charge on any atom is 0.0623 e. The van der Waals surface area contributed by atoms with E-state index in [1.54, 1.807) is 0 Å². The SMILES string of the molecule is CC(C)COC[C@@H]1CCCN1.CC(C)OC[C@@H]1CCCN1.Cc1cccc(C)c1NC[C@@H]1CCCN1.c1ccc(NC[C@@H]2CCCN2)cc1. The molecule has 4 saturated heterocycles.